The molecule has 0 spiro atoms. The molecular weight excluding hydrogens is 238 g/mol. The van der Waals surface area contributed by atoms with E-state index in [-0.39, 0.29) is 6.10 Å². The molecule has 19 heavy (non-hydrogen) atoms. The predicted octanol–water partition coefficient (Wildman–Crippen LogP) is 3.33. The molecule has 1 atom stereocenters. The molecule has 2 aliphatic rings. The lowest BCUT2D eigenvalue weighted by atomic mass is 9.63. The van der Waals surface area contributed by atoms with E-state index in [2.05, 4.69) is 33.0 Å². The van der Waals surface area contributed by atoms with Crippen molar-refractivity contribution in [2.75, 3.05) is 13.2 Å². The van der Waals surface area contributed by atoms with Gasteiger partial charge in [0.25, 0.3) is 0 Å². The van der Waals surface area contributed by atoms with Gasteiger partial charge in [-0.2, -0.15) is 0 Å². The molecule has 1 heterocycles. The second-order valence-electron chi connectivity index (χ2n) is 8.47. The number of ether oxygens (including phenoxy) is 2. The summed E-state index contributed by atoms with van der Waals surface area (Å²) in [5.74, 6) is -0.405. The first-order valence-electron chi connectivity index (χ1n) is 7.62. The summed E-state index contributed by atoms with van der Waals surface area (Å²) in [7, 11) is 0. The third-order valence-corrected chi connectivity index (χ3v) is 4.26. The molecule has 0 aromatic heterocycles. The first kappa shape index (κ1) is 15.3. The van der Waals surface area contributed by atoms with Gasteiger partial charge in [0.05, 0.1) is 12.7 Å². The van der Waals surface area contributed by atoms with E-state index in [1.165, 1.54) is 19.3 Å². The Bertz CT molecular complexity index is 307. The van der Waals surface area contributed by atoms with Gasteiger partial charge in [0.2, 0.25) is 0 Å². The fourth-order valence-electron chi connectivity index (χ4n) is 4.15. The second kappa shape index (κ2) is 5.01. The predicted molar refractivity (Wildman–Crippen MR) is 78.1 cm³/mol. The molecule has 0 aromatic rings. The fourth-order valence-corrected chi connectivity index (χ4v) is 4.15. The Morgan fingerprint density at radius 3 is 2.05 bits per heavy atom. The molecule has 0 radical (unpaired) electrons. The maximum absolute atomic E-state index is 5.86. The van der Waals surface area contributed by atoms with Crippen LogP contribution in [-0.4, -0.2) is 31.1 Å². The van der Waals surface area contributed by atoms with Gasteiger partial charge in [0.15, 0.2) is 5.79 Å². The van der Waals surface area contributed by atoms with Gasteiger partial charge in [0, 0.05) is 12.6 Å². The van der Waals surface area contributed by atoms with Crippen LogP contribution in [0.25, 0.3) is 0 Å². The minimum absolute atomic E-state index is 0.197. The van der Waals surface area contributed by atoms with E-state index in [0.29, 0.717) is 23.5 Å². The van der Waals surface area contributed by atoms with Crippen molar-refractivity contribution in [2.45, 2.75) is 78.7 Å². The third kappa shape index (κ3) is 4.44. The Labute approximate surface area is 118 Å². The van der Waals surface area contributed by atoms with Gasteiger partial charge >= 0.3 is 0 Å². The third-order valence-electron chi connectivity index (χ3n) is 4.26. The van der Waals surface area contributed by atoms with E-state index < -0.39 is 5.79 Å². The van der Waals surface area contributed by atoms with Crippen LogP contribution >= 0.6 is 0 Å². The number of nitrogens with one attached hydrogen (secondary N) is 1. The number of rotatable bonds is 3. The van der Waals surface area contributed by atoms with Gasteiger partial charge in [0.1, 0.15) is 0 Å². The summed E-state index contributed by atoms with van der Waals surface area (Å²) in [5.41, 5.74) is 0.872. The summed E-state index contributed by atoms with van der Waals surface area (Å²) < 4.78 is 11.5. The van der Waals surface area contributed by atoms with Gasteiger partial charge < -0.3 is 14.8 Å². The van der Waals surface area contributed by atoms with E-state index in [1.807, 2.05) is 13.8 Å². The Morgan fingerprint density at radius 2 is 1.58 bits per heavy atom. The first-order valence-corrected chi connectivity index (χ1v) is 7.62. The van der Waals surface area contributed by atoms with Crippen molar-refractivity contribution in [3.63, 3.8) is 0 Å². The van der Waals surface area contributed by atoms with Crippen molar-refractivity contribution in [2.24, 2.45) is 10.8 Å². The van der Waals surface area contributed by atoms with E-state index in [0.717, 1.165) is 6.54 Å². The molecule has 2 rings (SSSR count). The summed E-state index contributed by atoms with van der Waals surface area (Å²) in [4.78, 5) is 0. The van der Waals surface area contributed by atoms with Gasteiger partial charge in [-0.3, -0.25) is 0 Å². The highest BCUT2D eigenvalue weighted by Crippen LogP contribution is 2.45. The zero-order chi connectivity index (χ0) is 14.3. The second-order valence-corrected chi connectivity index (χ2v) is 8.47. The van der Waals surface area contributed by atoms with Crippen molar-refractivity contribution in [3.05, 3.63) is 0 Å². The minimum atomic E-state index is -0.405. The minimum Gasteiger partial charge on any atom is -0.348 e. The lowest BCUT2D eigenvalue weighted by molar-refractivity contribution is -0.138. The average molecular weight is 269 g/mol. The van der Waals surface area contributed by atoms with Crippen LogP contribution in [0, 0.1) is 10.8 Å². The Balaban J connectivity index is 1.83. The highest BCUT2D eigenvalue weighted by molar-refractivity contribution is 4.92. The molecule has 0 bridgehead atoms. The van der Waals surface area contributed by atoms with Crippen LogP contribution in [0.5, 0.6) is 0 Å². The molecule has 0 amide bonds. The molecule has 1 aliphatic heterocycles. The standard InChI is InChI=1S/C16H31NO2/c1-14(2)7-12(8-15(3,4)11-14)17-9-13-10-18-16(5,6)19-13/h12-13,17H,7-11H2,1-6H3. The normalized spacial score (nSPS) is 33.5. The van der Waals surface area contributed by atoms with Crippen molar-refractivity contribution in [1.29, 1.82) is 0 Å². The van der Waals surface area contributed by atoms with E-state index in [4.69, 9.17) is 9.47 Å². The SMILES string of the molecule is CC1(C)CC(NCC2COC(C)(C)O2)CC(C)(C)C1. The summed E-state index contributed by atoms with van der Waals surface area (Å²) >= 11 is 0. The smallest absolute Gasteiger partial charge is 0.163 e. The van der Waals surface area contributed by atoms with Crippen LogP contribution in [0.2, 0.25) is 0 Å². The van der Waals surface area contributed by atoms with Crippen LogP contribution in [-0.2, 0) is 9.47 Å². The van der Waals surface area contributed by atoms with Crippen LogP contribution in [0.15, 0.2) is 0 Å². The van der Waals surface area contributed by atoms with Crippen LogP contribution in [0.3, 0.4) is 0 Å². The molecule has 112 valence electrons. The largest absolute Gasteiger partial charge is 0.348 e. The molecule has 1 unspecified atom stereocenters. The summed E-state index contributed by atoms with van der Waals surface area (Å²) in [5, 5.41) is 3.71. The quantitative estimate of drug-likeness (QED) is 0.852. The highest BCUT2D eigenvalue weighted by Gasteiger charge is 2.39. The summed E-state index contributed by atoms with van der Waals surface area (Å²) in [6.07, 6.45) is 4.03. The van der Waals surface area contributed by atoms with Gasteiger partial charge in [-0.1, -0.05) is 27.7 Å². The molecule has 3 heteroatoms. The fraction of sp³-hybridized carbons (Fsp3) is 1.00. The molecule has 3 nitrogen and oxygen atoms in total. The van der Waals surface area contributed by atoms with Gasteiger partial charge in [-0.05, 0) is 43.9 Å². The molecule has 2 fully saturated rings. The maximum Gasteiger partial charge on any atom is 0.163 e. The van der Waals surface area contributed by atoms with Gasteiger partial charge in [-0.15, -0.1) is 0 Å². The Kier molecular flexibility index (Phi) is 4.03. The molecule has 1 N–H and O–H groups in total. The Hall–Kier alpha value is -0.120. The van der Waals surface area contributed by atoms with Gasteiger partial charge in [-0.25, -0.2) is 0 Å². The maximum atomic E-state index is 5.86. The monoisotopic (exact) mass is 269 g/mol. The molecule has 0 aromatic carbocycles. The van der Waals surface area contributed by atoms with Crippen molar-refractivity contribution >= 4 is 0 Å². The zero-order valence-electron chi connectivity index (χ0n) is 13.5. The van der Waals surface area contributed by atoms with Crippen LogP contribution < -0.4 is 5.32 Å². The van der Waals surface area contributed by atoms with E-state index in [1.54, 1.807) is 0 Å². The van der Waals surface area contributed by atoms with Crippen LogP contribution in [0.1, 0.15) is 60.8 Å². The van der Waals surface area contributed by atoms with Crippen LogP contribution in [0.4, 0.5) is 0 Å². The van der Waals surface area contributed by atoms with Crippen molar-refractivity contribution in [1.82, 2.24) is 5.32 Å². The molecular formula is C16H31NO2. The zero-order valence-corrected chi connectivity index (χ0v) is 13.5. The number of hydrogen-bond acceptors (Lipinski definition) is 3. The summed E-state index contributed by atoms with van der Waals surface area (Å²) in [6, 6.07) is 0.603. The first-order chi connectivity index (χ1) is 8.57. The van der Waals surface area contributed by atoms with E-state index >= 15 is 0 Å². The highest BCUT2D eigenvalue weighted by atomic mass is 16.7. The lowest BCUT2D eigenvalue weighted by Crippen LogP contribution is -2.46. The molecule has 1 saturated heterocycles. The number of hydrogen-bond donors (Lipinski definition) is 1. The topological polar surface area (TPSA) is 30.5 Å². The summed E-state index contributed by atoms with van der Waals surface area (Å²) in [6.45, 7) is 15.1. The average Bonchev–Trinajstić information content (AvgIpc) is 2.50. The Morgan fingerprint density at radius 1 is 1.00 bits per heavy atom. The van der Waals surface area contributed by atoms with E-state index in [9.17, 15) is 0 Å². The van der Waals surface area contributed by atoms with Crippen molar-refractivity contribution in [3.8, 4) is 0 Å². The molecule has 1 aliphatic carbocycles. The molecule has 1 saturated carbocycles. The van der Waals surface area contributed by atoms with Crippen molar-refractivity contribution < 1.29 is 9.47 Å². The lowest BCUT2D eigenvalue weighted by Gasteiger charge is -2.45.